The lowest BCUT2D eigenvalue weighted by atomic mass is 9.92. The molecule has 0 bridgehead atoms. The molecule has 0 saturated carbocycles. The SMILES string of the molecule is CC1(c2ccc(-c3ccccc3)cc2)CNCCO1.Cl. The van der Waals surface area contributed by atoms with E-state index in [1.165, 1.54) is 16.7 Å². The lowest BCUT2D eigenvalue weighted by Gasteiger charge is -2.35. The van der Waals surface area contributed by atoms with E-state index >= 15 is 0 Å². The quantitative estimate of drug-likeness (QED) is 0.912. The highest BCUT2D eigenvalue weighted by atomic mass is 35.5. The van der Waals surface area contributed by atoms with Crippen molar-refractivity contribution in [3.05, 3.63) is 60.2 Å². The van der Waals surface area contributed by atoms with Gasteiger partial charge in [0.25, 0.3) is 0 Å². The van der Waals surface area contributed by atoms with E-state index in [9.17, 15) is 0 Å². The summed E-state index contributed by atoms with van der Waals surface area (Å²) in [5.74, 6) is 0. The molecule has 1 aliphatic heterocycles. The topological polar surface area (TPSA) is 21.3 Å². The van der Waals surface area contributed by atoms with Crippen molar-refractivity contribution in [2.24, 2.45) is 0 Å². The van der Waals surface area contributed by atoms with Crippen LogP contribution in [0.2, 0.25) is 0 Å². The summed E-state index contributed by atoms with van der Waals surface area (Å²) in [5, 5.41) is 3.40. The van der Waals surface area contributed by atoms with Crippen molar-refractivity contribution >= 4 is 12.4 Å². The van der Waals surface area contributed by atoms with E-state index in [0.717, 1.165) is 19.7 Å². The molecule has 1 fully saturated rings. The molecule has 0 amide bonds. The summed E-state index contributed by atoms with van der Waals surface area (Å²) in [6, 6.07) is 19.1. The van der Waals surface area contributed by atoms with E-state index in [2.05, 4.69) is 60.8 Å². The minimum Gasteiger partial charge on any atom is -0.368 e. The molecule has 3 heteroatoms. The number of nitrogens with one attached hydrogen (secondary N) is 1. The molecule has 1 unspecified atom stereocenters. The van der Waals surface area contributed by atoms with Crippen LogP contribution < -0.4 is 5.32 Å². The molecule has 0 aliphatic carbocycles. The monoisotopic (exact) mass is 289 g/mol. The van der Waals surface area contributed by atoms with Crippen LogP contribution in [-0.2, 0) is 10.3 Å². The van der Waals surface area contributed by atoms with E-state index in [4.69, 9.17) is 4.74 Å². The zero-order valence-corrected chi connectivity index (χ0v) is 12.5. The Labute approximate surface area is 126 Å². The first-order chi connectivity index (χ1) is 9.28. The third kappa shape index (κ3) is 3.04. The van der Waals surface area contributed by atoms with Crippen molar-refractivity contribution in [1.29, 1.82) is 0 Å². The summed E-state index contributed by atoms with van der Waals surface area (Å²) in [6.45, 7) is 4.74. The smallest absolute Gasteiger partial charge is 0.103 e. The Morgan fingerprint density at radius 1 is 0.950 bits per heavy atom. The molecule has 1 heterocycles. The molecule has 1 N–H and O–H groups in total. The Balaban J connectivity index is 0.00000147. The fourth-order valence-corrected chi connectivity index (χ4v) is 2.56. The number of ether oxygens (including phenoxy) is 1. The van der Waals surface area contributed by atoms with E-state index < -0.39 is 0 Å². The molecule has 0 aromatic heterocycles. The first-order valence-electron chi connectivity index (χ1n) is 6.79. The van der Waals surface area contributed by atoms with Crippen molar-refractivity contribution < 1.29 is 4.74 Å². The number of hydrogen-bond donors (Lipinski definition) is 1. The van der Waals surface area contributed by atoms with Gasteiger partial charge in [0.1, 0.15) is 5.60 Å². The van der Waals surface area contributed by atoms with E-state index in [1.807, 2.05) is 6.07 Å². The van der Waals surface area contributed by atoms with Gasteiger partial charge in [-0.05, 0) is 23.6 Å². The number of halogens is 1. The van der Waals surface area contributed by atoms with E-state index in [0.29, 0.717) is 0 Å². The maximum absolute atomic E-state index is 5.93. The third-order valence-corrected chi connectivity index (χ3v) is 3.76. The van der Waals surface area contributed by atoms with Gasteiger partial charge in [-0.25, -0.2) is 0 Å². The van der Waals surface area contributed by atoms with Crippen LogP contribution in [-0.4, -0.2) is 19.7 Å². The third-order valence-electron chi connectivity index (χ3n) is 3.76. The van der Waals surface area contributed by atoms with Crippen LogP contribution in [0.5, 0.6) is 0 Å². The van der Waals surface area contributed by atoms with Gasteiger partial charge in [0.15, 0.2) is 0 Å². The highest BCUT2D eigenvalue weighted by Crippen LogP contribution is 2.28. The van der Waals surface area contributed by atoms with Crippen LogP contribution in [0.1, 0.15) is 12.5 Å². The van der Waals surface area contributed by atoms with Crippen molar-refractivity contribution in [3.63, 3.8) is 0 Å². The predicted molar refractivity (Wildman–Crippen MR) is 85.3 cm³/mol. The molecular weight excluding hydrogens is 270 g/mol. The van der Waals surface area contributed by atoms with Gasteiger partial charge in [0, 0.05) is 13.1 Å². The lowest BCUT2D eigenvalue weighted by molar-refractivity contribution is -0.0572. The highest BCUT2D eigenvalue weighted by molar-refractivity contribution is 5.85. The summed E-state index contributed by atoms with van der Waals surface area (Å²) < 4.78 is 5.93. The first kappa shape index (κ1) is 15.0. The van der Waals surface area contributed by atoms with Crippen LogP contribution in [0.15, 0.2) is 54.6 Å². The molecule has 3 rings (SSSR count). The van der Waals surface area contributed by atoms with Gasteiger partial charge in [-0.1, -0.05) is 54.6 Å². The fourth-order valence-electron chi connectivity index (χ4n) is 2.56. The lowest BCUT2D eigenvalue weighted by Crippen LogP contribution is -2.45. The number of hydrogen-bond acceptors (Lipinski definition) is 2. The van der Waals surface area contributed by atoms with Gasteiger partial charge in [-0.2, -0.15) is 0 Å². The average Bonchev–Trinajstić information content (AvgIpc) is 2.49. The number of rotatable bonds is 2. The van der Waals surface area contributed by atoms with Gasteiger partial charge in [-0.3, -0.25) is 0 Å². The van der Waals surface area contributed by atoms with Crippen molar-refractivity contribution in [3.8, 4) is 11.1 Å². The average molecular weight is 290 g/mol. The Morgan fingerprint density at radius 3 is 2.20 bits per heavy atom. The second kappa shape index (κ2) is 6.40. The zero-order valence-electron chi connectivity index (χ0n) is 11.6. The van der Waals surface area contributed by atoms with Crippen LogP contribution in [0, 0.1) is 0 Å². The summed E-state index contributed by atoms with van der Waals surface area (Å²) in [7, 11) is 0. The molecular formula is C17H20ClNO. The standard InChI is InChI=1S/C17H19NO.ClH/c1-17(13-18-11-12-19-17)16-9-7-15(8-10-16)14-5-3-2-4-6-14;/h2-10,18H,11-13H2,1H3;1H. The molecule has 20 heavy (non-hydrogen) atoms. The number of benzene rings is 2. The van der Waals surface area contributed by atoms with Gasteiger partial charge in [-0.15, -0.1) is 12.4 Å². The van der Waals surface area contributed by atoms with Crippen LogP contribution >= 0.6 is 12.4 Å². The van der Waals surface area contributed by atoms with Gasteiger partial charge in [0.2, 0.25) is 0 Å². The first-order valence-corrected chi connectivity index (χ1v) is 6.79. The van der Waals surface area contributed by atoms with Crippen molar-refractivity contribution in [1.82, 2.24) is 5.32 Å². The second-order valence-electron chi connectivity index (χ2n) is 5.20. The summed E-state index contributed by atoms with van der Waals surface area (Å²) in [5.41, 5.74) is 3.53. The minimum absolute atomic E-state index is 0. The van der Waals surface area contributed by atoms with Crippen LogP contribution in [0.4, 0.5) is 0 Å². The maximum Gasteiger partial charge on any atom is 0.103 e. The molecule has 1 atom stereocenters. The summed E-state index contributed by atoms with van der Waals surface area (Å²) in [6.07, 6.45) is 0. The molecule has 0 spiro atoms. The Hall–Kier alpha value is -1.35. The zero-order chi connectivity index (χ0) is 13.1. The second-order valence-corrected chi connectivity index (χ2v) is 5.20. The number of morpholine rings is 1. The van der Waals surface area contributed by atoms with Gasteiger partial charge >= 0.3 is 0 Å². The Bertz CT molecular complexity index is 533. The molecule has 1 saturated heterocycles. The van der Waals surface area contributed by atoms with E-state index in [-0.39, 0.29) is 18.0 Å². The van der Waals surface area contributed by atoms with E-state index in [1.54, 1.807) is 0 Å². The Morgan fingerprint density at radius 2 is 1.60 bits per heavy atom. The highest BCUT2D eigenvalue weighted by Gasteiger charge is 2.29. The molecule has 0 radical (unpaired) electrons. The molecule has 2 aromatic rings. The fraction of sp³-hybridized carbons (Fsp3) is 0.294. The molecule has 2 nitrogen and oxygen atoms in total. The molecule has 2 aromatic carbocycles. The van der Waals surface area contributed by atoms with Crippen molar-refractivity contribution in [2.45, 2.75) is 12.5 Å². The molecule has 106 valence electrons. The summed E-state index contributed by atoms with van der Waals surface area (Å²) in [4.78, 5) is 0. The van der Waals surface area contributed by atoms with Crippen LogP contribution in [0.3, 0.4) is 0 Å². The minimum atomic E-state index is -0.201. The van der Waals surface area contributed by atoms with Gasteiger partial charge in [0.05, 0.1) is 6.61 Å². The van der Waals surface area contributed by atoms with Crippen molar-refractivity contribution in [2.75, 3.05) is 19.7 Å². The Kier molecular flexibility index (Phi) is 4.81. The van der Waals surface area contributed by atoms with Gasteiger partial charge < -0.3 is 10.1 Å². The predicted octanol–water partition coefficient (Wildman–Crippen LogP) is 3.61. The van der Waals surface area contributed by atoms with Crippen LogP contribution in [0.25, 0.3) is 11.1 Å². The molecule has 1 aliphatic rings. The normalized spacial score (nSPS) is 22.1. The summed E-state index contributed by atoms with van der Waals surface area (Å²) >= 11 is 0. The largest absolute Gasteiger partial charge is 0.368 e. The maximum atomic E-state index is 5.93.